The number of epoxide rings is 1. The lowest BCUT2D eigenvalue weighted by molar-refractivity contribution is -0.128. The van der Waals surface area contributed by atoms with Crippen LogP contribution in [0.4, 0.5) is 0 Å². The van der Waals surface area contributed by atoms with E-state index < -0.39 is 0 Å². The minimum absolute atomic E-state index is 0.144. The summed E-state index contributed by atoms with van der Waals surface area (Å²) < 4.78 is 5.58. The summed E-state index contributed by atoms with van der Waals surface area (Å²) in [4.78, 5) is 11.8. The van der Waals surface area contributed by atoms with Gasteiger partial charge in [-0.15, -0.1) is 0 Å². The van der Waals surface area contributed by atoms with Crippen LogP contribution < -0.4 is 0 Å². The minimum Gasteiger partial charge on any atom is -0.368 e. The molecule has 4 aliphatic rings. The molecule has 2 unspecified atom stereocenters. The van der Waals surface area contributed by atoms with Crippen molar-refractivity contribution >= 4 is 5.78 Å². The van der Waals surface area contributed by atoms with Crippen molar-refractivity contribution in [3.8, 4) is 0 Å². The molecule has 3 saturated carbocycles. The summed E-state index contributed by atoms with van der Waals surface area (Å²) in [6.07, 6.45) is 6.42. The second kappa shape index (κ2) is 1.39. The molecule has 12 heavy (non-hydrogen) atoms. The molecule has 1 heterocycles. The highest BCUT2D eigenvalue weighted by Crippen LogP contribution is 2.78. The van der Waals surface area contributed by atoms with Crippen LogP contribution in [0.5, 0.6) is 0 Å². The van der Waals surface area contributed by atoms with E-state index in [4.69, 9.17) is 4.74 Å². The maximum absolute atomic E-state index is 11.8. The van der Waals surface area contributed by atoms with Gasteiger partial charge in [-0.2, -0.15) is 0 Å². The summed E-state index contributed by atoms with van der Waals surface area (Å²) in [5.41, 5.74) is 0.512. The highest BCUT2D eigenvalue weighted by atomic mass is 16.6. The van der Waals surface area contributed by atoms with Crippen LogP contribution in [0, 0.1) is 10.8 Å². The van der Waals surface area contributed by atoms with Crippen molar-refractivity contribution in [1.29, 1.82) is 0 Å². The van der Waals surface area contributed by atoms with Crippen molar-refractivity contribution in [2.45, 2.75) is 44.3 Å². The first kappa shape index (κ1) is 6.14. The van der Waals surface area contributed by atoms with Crippen LogP contribution in [0.1, 0.15) is 32.1 Å². The van der Waals surface area contributed by atoms with Gasteiger partial charge in [0, 0.05) is 17.3 Å². The molecule has 4 rings (SSSR count). The Morgan fingerprint density at radius 3 is 2.58 bits per heavy atom. The molecular weight excluding hydrogens is 152 g/mol. The molecule has 0 radical (unpaired) electrons. The summed E-state index contributed by atoms with van der Waals surface area (Å²) in [6, 6.07) is 0. The van der Waals surface area contributed by atoms with Crippen molar-refractivity contribution in [3.63, 3.8) is 0 Å². The number of Topliss-reactive ketones (excluding diaryl/α,β-unsaturated/α-hetero) is 1. The van der Waals surface area contributed by atoms with E-state index in [0.717, 1.165) is 6.42 Å². The van der Waals surface area contributed by atoms with Crippen LogP contribution in [-0.4, -0.2) is 18.0 Å². The fourth-order valence-corrected chi connectivity index (χ4v) is 3.51. The number of ether oxygens (including phenoxy) is 1. The molecule has 3 aliphatic carbocycles. The van der Waals surface area contributed by atoms with E-state index in [0.29, 0.717) is 23.4 Å². The maximum atomic E-state index is 11.8. The normalized spacial score (nSPS) is 49.2. The number of carbonyl (C=O) groups excluding carboxylic acids is 1. The Hall–Kier alpha value is -0.370. The number of hydrogen-bond donors (Lipinski definition) is 0. The first-order chi connectivity index (χ1) is 5.79. The van der Waals surface area contributed by atoms with Gasteiger partial charge in [0.05, 0.1) is 12.2 Å². The molecule has 1 saturated heterocycles. The van der Waals surface area contributed by atoms with Crippen molar-refractivity contribution in [2.24, 2.45) is 10.8 Å². The van der Waals surface area contributed by atoms with E-state index >= 15 is 0 Å². The second-order valence-electron chi connectivity index (χ2n) is 4.96. The third-order valence-corrected chi connectivity index (χ3v) is 4.54. The standard InChI is InChI=1S/C10H12O2/c11-7-5-6-8(12-6)10(3-4-10)9(7)1-2-9/h6,8H,1-5H2. The van der Waals surface area contributed by atoms with Crippen molar-refractivity contribution in [1.82, 2.24) is 0 Å². The Kier molecular flexibility index (Phi) is 0.711. The Labute approximate surface area is 71.3 Å². The third-order valence-electron chi connectivity index (χ3n) is 4.54. The van der Waals surface area contributed by atoms with Gasteiger partial charge < -0.3 is 4.74 Å². The molecule has 0 N–H and O–H groups in total. The van der Waals surface area contributed by atoms with Gasteiger partial charge in [-0.25, -0.2) is 0 Å². The van der Waals surface area contributed by atoms with E-state index in [1.165, 1.54) is 25.7 Å². The summed E-state index contributed by atoms with van der Waals surface area (Å²) >= 11 is 0. The van der Waals surface area contributed by atoms with Gasteiger partial charge in [0.15, 0.2) is 0 Å². The fourth-order valence-electron chi connectivity index (χ4n) is 3.51. The molecule has 0 aromatic rings. The van der Waals surface area contributed by atoms with Crippen LogP contribution in [-0.2, 0) is 9.53 Å². The monoisotopic (exact) mass is 164 g/mol. The fraction of sp³-hybridized carbons (Fsp3) is 0.900. The van der Waals surface area contributed by atoms with E-state index in [1.54, 1.807) is 0 Å². The van der Waals surface area contributed by atoms with Gasteiger partial charge in [0.2, 0.25) is 0 Å². The molecule has 2 nitrogen and oxygen atoms in total. The smallest absolute Gasteiger partial charge is 0.142 e. The van der Waals surface area contributed by atoms with Gasteiger partial charge in [0.25, 0.3) is 0 Å². The van der Waals surface area contributed by atoms with Gasteiger partial charge in [-0.1, -0.05) is 0 Å². The predicted octanol–water partition coefficient (Wildman–Crippen LogP) is 1.29. The zero-order chi connectivity index (χ0) is 7.97. The number of ketones is 1. The van der Waals surface area contributed by atoms with Gasteiger partial charge in [0.1, 0.15) is 5.78 Å². The number of rotatable bonds is 0. The molecule has 0 aromatic carbocycles. The van der Waals surface area contributed by atoms with Crippen LogP contribution in [0.2, 0.25) is 0 Å². The van der Waals surface area contributed by atoms with Gasteiger partial charge in [-0.3, -0.25) is 4.79 Å². The molecule has 64 valence electrons. The van der Waals surface area contributed by atoms with Crippen LogP contribution in [0.3, 0.4) is 0 Å². The second-order valence-corrected chi connectivity index (χ2v) is 4.96. The Morgan fingerprint density at radius 1 is 1.25 bits per heavy atom. The van der Waals surface area contributed by atoms with Crippen molar-refractivity contribution in [2.75, 3.05) is 0 Å². The summed E-state index contributed by atoms with van der Waals surface area (Å²) in [5.74, 6) is 0.527. The zero-order valence-electron chi connectivity index (χ0n) is 7.01. The van der Waals surface area contributed by atoms with Crippen molar-refractivity contribution < 1.29 is 9.53 Å². The van der Waals surface area contributed by atoms with Gasteiger partial charge in [-0.05, 0) is 25.7 Å². The van der Waals surface area contributed by atoms with Gasteiger partial charge >= 0.3 is 0 Å². The zero-order valence-corrected chi connectivity index (χ0v) is 7.01. The molecule has 2 heteroatoms. The first-order valence-electron chi connectivity index (χ1n) is 4.97. The van der Waals surface area contributed by atoms with E-state index in [1.807, 2.05) is 0 Å². The number of carbonyl (C=O) groups is 1. The molecule has 0 amide bonds. The summed E-state index contributed by atoms with van der Waals surface area (Å²) in [6.45, 7) is 0. The van der Waals surface area contributed by atoms with Crippen LogP contribution >= 0.6 is 0 Å². The predicted molar refractivity (Wildman–Crippen MR) is 41.6 cm³/mol. The van der Waals surface area contributed by atoms with Crippen LogP contribution in [0.25, 0.3) is 0 Å². The SMILES string of the molecule is O=C1CC2OC2C2(CC2)C12CC2. The lowest BCUT2D eigenvalue weighted by Crippen LogP contribution is -2.37. The molecule has 4 fully saturated rings. The highest BCUT2D eigenvalue weighted by Gasteiger charge is 2.79. The Balaban J connectivity index is 1.85. The lowest BCUT2D eigenvalue weighted by atomic mass is 9.72. The molecule has 0 bridgehead atoms. The topological polar surface area (TPSA) is 29.6 Å². The summed E-state index contributed by atoms with van der Waals surface area (Å²) in [7, 11) is 0. The van der Waals surface area contributed by atoms with Crippen LogP contribution in [0.15, 0.2) is 0 Å². The Bertz CT molecular complexity index is 286. The first-order valence-corrected chi connectivity index (χ1v) is 4.97. The van der Waals surface area contributed by atoms with E-state index in [9.17, 15) is 4.79 Å². The largest absolute Gasteiger partial charge is 0.368 e. The number of fused-ring (bicyclic) bond motifs is 3. The average Bonchev–Trinajstić information content (AvgIpc) is 2.87. The highest BCUT2D eigenvalue weighted by molar-refractivity contribution is 5.91. The molecule has 2 atom stereocenters. The average molecular weight is 164 g/mol. The summed E-state index contributed by atoms with van der Waals surface area (Å²) in [5, 5.41) is 0. The Morgan fingerprint density at radius 2 is 2.00 bits per heavy atom. The molecule has 1 aliphatic heterocycles. The third kappa shape index (κ3) is 0.434. The molecule has 2 spiro atoms. The number of hydrogen-bond acceptors (Lipinski definition) is 2. The minimum atomic E-state index is 0.144. The quantitative estimate of drug-likeness (QED) is 0.505. The van der Waals surface area contributed by atoms with Crippen molar-refractivity contribution in [3.05, 3.63) is 0 Å². The van der Waals surface area contributed by atoms with E-state index in [2.05, 4.69) is 0 Å². The van der Waals surface area contributed by atoms with E-state index in [-0.39, 0.29) is 5.41 Å². The molecule has 0 aromatic heterocycles. The molecular formula is C10H12O2. The maximum Gasteiger partial charge on any atom is 0.142 e. The lowest BCUT2D eigenvalue weighted by Gasteiger charge is -2.27.